The molecule has 118 valence electrons. The maximum absolute atomic E-state index is 14.1. The number of carbonyl (C=O) groups is 2. The van der Waals surface area contributed by atoms with Crippen LogP contribution in [0.4, 0.5) is 10.1 Å². The fourth-order valence-corrected chi connectivity index (χ4v) is 2.24. The average Bonchev–Trinajstić information content (AvgIpc) is 2.52. The van der Waals surface area contributed by atoms with E-state index in [-0.39, 0.29) is 30.3 Å². The molecule has 0 bridgehead atoms. The number of thiol groups is 1. The SMILES string of the molecule is COC(=O)C1=C(C(=O)OC)N(c2ccc(S)cc2F)COC1. The van der Waals surface area contributed by atoms with Crippen molar-refractivity contribution in [1.29, 1.82) is 0 Å². The molecule has 2 rings (SSSR count). The van der Waals surface area contributed by atoms with Gasteiger partial charge in [-0.2, -0.15) is 0 Å². The van der Waals surface area contributed by atoms with E-state index in [0.29, 0.717) is 4.90 Å². The summed E-state index contributed by atoms with van der Waals surface area (Å²) in [5.41, 5.74) is -0.0688. The van der Waals surface area contributed by atoms with Crippen LogP contribution in [0.2, 0.25) is 0 Å². The number of carbonyl (C=O) groups excluding carboxylic acids is 2. The smallest absolute Gasteiger partial charge is 0.355 e. The number of rotatable bonds is 3. The Morgan fingerprint density at radius 3 is 2.55 bits per heavy atom. The van der Waals surface area contributed by atoms with Gasteiger partial charge in [0, 0.05) is 4.90 Å². The summed E-state index contributed by atoms with van der Waals surface area (Å²) in [7, 11) is 2.35. The Labute approximate surface area is 131 Å². The highest BCUT2D eigenvalue weighted by atomic mass is 32.1. The van der Waals surface area contributed by atoms with Crippen molar-refractivity contribution in [3.8, 4) is 0 Å². The van der Waals surface area contributed by atoms with Gasteiger partial charge < -0.3 is 19.1 Å². The summed E-state index contributed by atoms with van der Waals surface area (Å²) in [4.78, 5) is 25.5. The van der Waals surface area contributed by atoms with Gasteiger partial charge in [0.25, 0.3) is 0 Å². The number of halogens is 1. The number of hydrogen-bond donors (Lipinski definition) is 1. The molecule has 6 nitrogen and oxygen atoms in total. The van der Waals surface area contributed by atoms with Crippen molar-refractivity contribution < 1.29 is 28.2 Å². The van der Waals surface area contributed by atoms with Crippen molar-refractivity contribution in [2.24, 2.45) is 0 Å². The monoisotopic (exact) mass is 327 g/mol. The lowest BCUT2D eigenvalue weighted by Gasteiger charge is -2.31. The Balaban J connectivity index is 2.57. The number of hydrogen-bond acceptors (Lipinski definition) is 7. The maximum atomic E-state index is 14.1. The van der Waals surface area contributed by atoms with Crippen LogP contribution in [-0.4, -0.2) is 39.5 Å². The highest BCUT2D eigenvalue weighted by Crippen LogP contribution is 2.29. The molecule has 0 saturated carbocycles. The maximum Gasteiger partial charge on any atom is 0.355 e. The van der Waals surface area contributed by atoms with Crippen LogP contribution < -0.4 is 4.90 Å². The molecule has 22 heavy (non-hydrogen) atoms. The molecule has 0 aromatic heterocycles. The molecule has 1 aromatic rings. The number of benzene rings is 1. The predicted octanol–water partition coefficient (Wildman–Crippen LogP) is 1.51. The third-order valence-corrected chi connectivity index (χ3v) is 3.33. The van der Waals surface area contributed by atoms with Gasteiger partial charge in [0.1, 0.15) is 18.2 Å². The highest BCUT2D eigenvalue weighted by Gasteiger charge is 2.33. The molecule has 0 aliphatic carbocycles. The zero-order valence-electron chi connectivity index (χ0n) is 12.0. The van der Waals surface area contributed by atoms with Crippen molar-refractivity contribution in [1.82, 2.24) is 0 Å². The standard InChI is InChI=1S/C14H14FNO5S/c1-19-13(17)9-6-21-7-16(12(9)14(18)20-2)11-4-3-8(22)5-10(11)15/h3-5,22H,6-7H2,1-2H3. The Morgan fingerprint density at radius 2 is 1.95 bits per heavy atom. The van der Waals surface area contributed by atoms with Crippen LogP contribution in [0.3, 0.4) is 0 Å². The van der Waals surface area contributed by atoms with Crippen LogP contribution in [0, 0.1) is 5.82 Å². The second-order valence-electron chi connectivity index (χ2n) is 4.35. The first-order chi connectivity index (χ1) is 10.5. The molecule has 0 atom stereocenters. The lowest BCUT2D eigenvalue weighted by molar-refractivity contribution is -0.140. The minimum absolute atomic E-state index is 0.0325. The van der Waals surface area contributed by atoms with Crippen LogP contribution in [0.5, 0.6) is 0 Å². The molecule has 0 unspecified atom stereocenters. The summed E-state index contributed by atoms with van der Waals surface area (Å²) < 4.78 is 28.7. The molecule has 0 radical (unpaired) electrons. The van der Waals surface area contributed by atoms with Crippen LogP contribution in [0.1, 0.15) is 0 Å². The van der Waals surface area contributed by atoms with Crippen LogP contribution in [0.25, 0.3) is 0 Å². The average molecular weight is 327 g/mol. The van der Waals surface area contributed by atoms with Gasteiger partial charge in [0.2, 0.25) is 0 Å². The van der Waals surface area contributed by atoms with Crippen molar-refractivity contribution >= 4 is 30.3 Å². The molecule has 0 amide bonds. The van der Waals surface area contributed by atoms with E-state index in [4.69, 9.17) is 9.47 Å². The first-order valence-corrected chi connectivity index (χ1v) is 6.68. The fraction of sp³-hybridized carbons (Fsp3) is 0.286. The van der Waals surface area contributed by atoms with Gasteiger partial charge in [-0.05, 0) is 18.2 Å². The van der Waals surface area contributed by atoms with E-state index in [2.05, 4.69) is 17.4 Å². The quantitative estimate of drug-likeness (QED) is 0.671. The van der Waals surface area contributed by atoms with E-state index in [9.17, 15) is 14.0 Å². The van der Waals surface area contributed by atoms with E-state index in [1.165, 1.54) is 31.3 Å². The minimum atomic E-state index is -0.780. The summed E-state index contributed by atoms with van der Waals surface area (Å²) in [6, 6.07) is 4.19. The zero-order chi connectivity index (χ0) is 16.3. The topological polar surface area (TPSA) is 65.1 Å². The molecule has 1 heterocycles. The number of ether oxygens (including phenoxy) is 3. The molecular formula is C14H14FNO5S. The Bertz CT molecular complexity index is 646. The number of anilines is 1. The Hall–Kier alpha value is -2.06. The van der Waals surface area contributed by atoms with Gasteiger partial charge >= 0.3 is 11.9 Å². The predicted molar refractivity (Wildman–Crippen MR) is 78.0 cm³/mol. The van der Waals surface area contributed by atoms with Crippen LogP contribution in [0.15, 0.2) is 34.4 Å². The molecule has 0 spiro atoms. The van der Waals surface area contributed by atoms with Crippen molar-refractivity contribution in [2.45, 2.75) is 4.90 Å². The summed E-state index contributed by atoms with van der Waals surface area (Å²) in [6.07, 6.45) is 0. The van der Waals surface area contributed by atoms with Gasteiger partial charge in [-0.3, -0.25) is 0 Å². The molecule has 0 saturated heterocycles. The second-order valence-corrected chi connectivity index (χ2v) is 4.87. The van der Waals surface area contributed by atoms with E-state index in [1.807, 2.05) is 0 Å². The minimum Gasteiger partial charge on any atom is -0.466 e. The Kier molecular flexibility index (Phi) is 5.04. The van der Waals surface area contributed by atoms with Crippen molar-refractivity contribution in [2.75, 3.05) is 32.5 Å². The number of nitrogens with zero attached hydrogens (tertiary/aromatic N) is 1. The molecule has 0 fully saturated rings. The molecule has 1 aliphatic rings. The summed E-state index contributed by atoms with van der Waals surface area (Å²) >= 11 is 4.04. The van der Waals surface area contributed by atoms with E-state index in [1.54, 1.807) is 6.07 Å². The first kappa shape index (κ1) is 16.3. The lowest BCUT2D eigenvalue weighted by atomic mass is 10.1. The van der Waals surface area contributed by atoms with E-state index < -0.39 is 17.8 Å². The summed E-state index contributed by atoms with van der Waals surface area (Å²) in [5, 5.41) is 0. The summed E-state index contributed by atoms with van der Waals surface area (Å²) in [6.45, 7) is -0.229. The van der Waals surface area contributed by atoms with E-state index in [0.717, 1.165) is 0 Å². The largest absolute Gasteiger partial charge is 0.466 e. The lowest BCUT2D eigenvalue weighted by Crippen LogP contribution is -2.39. The third-order valence-electron chi connectivity index (χ3n) is 3.06. The van der Waals surface area contributed by atoms with Gasteiger partial charge in [-0.25, -0.2) is 14.0 Å². The van der Waals surface area contributed by atoms with Gasteiger partial charge in [0.05, 0.1) is 32.1 Å². The third kappa shape index (κ3) is 3.07. The highest BCUT2D eigenvalue weighted by molar-refractivity contribution is 7.80. The van der Waals surface area contributed by atoms with Crippen LogP contribution in [-0.2, 0) is 23.8 Å². The summed E-state index contributed by atoms with van der Waals surface area (Å²) in [5.74, 6) is -2.13. The second kappa shape index (κ2) is 6.80. The van der Waals surface area contributed by atoms with Gasteiger partial charge in [-0.15, -0.1) is 12.6 Å². The number of esters is 2. The normalized spacial score (nSPS) is 14.8. The molecular weight excluding hydrogens is 313 g/mol. The van der Waals surface area contributed by atoms with Crippen LogP contribution >= 0.6 is 12.6 Å². The van der Waals surface area contributed by atoms with Gasteiger partial charge in [-0.1, -0.05) is 0 Å². The van der Waals surface area contributed by atoms with Gasteiger partial charge in [0.15, 0.2) is 0 Å². The first-order valence-electron chi connectivity index (χ1n) is 6.23. The number of methoxy groups -OCH3 is 2. The van der Waals surface area contributed by atoms with E-state index >= 15 is 0 Å². The van der Waals surface area contributed by atoms with Crippen molar-refractivity contribution in [3.05, 3.63) is 35.3 Å². The molecule has 1 aliphatic heterocycles. The molecule has 1 aromatic carbocycles. The van der Waals surface area contributed by atoms with Crippen molar-refractivity contribution in [3.63, 3.8) is 0 Å². The molecule has 8 heteroatoms. The fourth-order valence-electron chi connectivity index (χ4n) is 2.05. The molecule has 0 N–H and O–H groups in total. The Morgan fingerprint density at radius 1 is 1.27 bits per heavy atom. The zero-order valence-corrected chi connectivity index (χ0v) is 12.9.